The average Bonchev–Trinajstić information content (AvgIpc) is 2.85. The Morgan fingerprint density at radius 1 is 1.35 bits per heavy atom. The Kier molecular flexibility index (Phi) is 5.12. The van der Waals surface area contributed by atoms with Gasteiger partial charge in [0.05, 0.1) is 12.8 Å². The minimum absolute atomic E-state index is 0.322. The number of hydrogen-bond acceptors (Lipinski definition) is 5. The lowest BCUT2D eigenvalue weighted by Crippen LogP contribution is -2.02. The average molecular weight is 290 g/mol. The quantitative estimate of drug-likeness (QED) is 0.655. The van der Waals surface area contributed by atoms with Gasteiger partial charge in [-0.25, -0.2) is 9.78 Å². The molecule has 0 amide bonds. The molecule has 0 spiro atoms. The molecule has 0 saturated carbocycles. The summed E-state index contributed by atoms with van der Waals surface area (Å²) in [7, 11) is 1.38. The topological polar surface area (TPSA) is 51.2 Å². The third kappa shape index (κ3) is 3.81. The molecular formula is C15H18N2O2S. The Labute approximate surface area is 122 Å². The molecule has 0 atom stereocenters. The zero-order chi connectivity index (χ0) is 14.4. The number of ether oxygens (including phenoxy) is 1. The first-order valence-corrected chi connectivity index (χ1v) is 7.36. The van der Waals surface area contributed by atoms with E-state index in [2.05, 4.69) is 34.6 Å². The fourth-order valence-corrected chi connectivity index (χ4v) is 2.80. The van der Waals surface area contributed by atoms with Crippen LogP contribution < -0.4 is 5.32 Å². The molecule has 2 rings (SSSR count). The molecule has 1 heterocycles. The van der Waals surface area contributed by atoms with Crippen LogP contribution in [0.15, 0.2) is 30.3 Å². The Hall–Kier alpha value is -1.88. The van der Waals surface area contributed by atoms with Crippen LogP contribution in [0.4, 0.5) is 5.13 Å². The van der Waals surface area contributed by atoms with Crippen LogP contribution in [0.25, 0.3) is 0 Å². The summed E-state index contributed by atoms with van der Waals surface area (Å²) in [6.07, 6.45) is 2.05. The summed E-state index contributed by atoms with van der Waals surface area (Å²) in [4.78, 5) is 16.4. The molecule has 1 aromatic heterocycles. The van der Waals surface area contributed by atoms with Crippen molar-refractivity contribution >= 4 is 22.4 Å². The van der Waals surface area contributed by atoms with Gasteiger partial charge in [-0.05, 0) is 25.3 Å². The third-order valence-corrected chi connectivity index (χ3v) is 4.02. The van der Waals surface area contributed by atoms with Crippen molar-refractivity contribution in [3.63, 3.8) is 0 Å². The van der Waals surface area contributed by atoms with Crippen LogP contribution in [0.5, 0.6) is 0 Å². The van der Waals surface area contributed by atoms with Gasteiger partial charge in [-0.2, -0.15) is 0 Å². The molecule has 1 N–H and O–H groups in total. The summed E-state index contributed by atoms with van der Waals surface area (Å²) in [5.74, 6) is -0.322. The SMILES string of the molecule is COC(=O)c1sc(NCCCc2ccccc2)nc1C. The van der Waals surface area contributed by atoms with E-state index in [9.17, 15) is 4.79 Å². The number of hydrogen-bond donors (Lipinski definition) is 1. The number of aryl methyl sites for hydroxylation is 2. The summed E-state index contributed by atoms with van der Waals surface area (Å²) in [6, 6.07) is 10.4. The second-order valence-corrected chi connectivity index (χ2v) is 5.44. The van der Waals surface area contributed by atoms with E-state index in [1.807, 2.05) is 13.0 Å². The number of methoxy groups -OCH3 is 1. The highest BCUT2D eigenvalue weighted by Crippen LogP contribution is 2.23. The smallest absolute Gasteiger partial charge is 0.350 e. The van der Waals surface area contributed by atoms with Crippen LogP contribution in [0.3, 0.4) is 0 Å². The molecular weight excluding hydrogens is 272 g/mol. The first-order valence-electron chi connectivity index (χ1n) is 6.54. The van der Waals surface area contributed by atoms with E-state index in [0.717, 1.165) is 24.5 Å². The second-order valence-electron chi connectivity index (χ2n) is 4.44. The van der Waals surface area contributed by atoms with Crippen molar-refractivity contribution < 1.29 is 9.53 Å². The normalized spacial score (nSPS) is 10.3. The Balaban J connectivity index is 1.81. The highest BCUT2D eigenvalue weighted by atomic mass is 32.1. The Bertz CT molecular complexity index is 567. The van der Waals surface area contributed by atoms with Crippen LogP contribution in [0.1, 0.15) is 27.3 Å². The highest BCUT2D eigenvalue weighted by Gasteiger charge is 2.15. The molecule has 1 aromatic carbocycles. The fourth-order valence-electron chi connectivity index (χ4n) is 1.89. The van der Waals surface area contributed by atoms with Crippen molar-refractivity contribution in [3.05, 3.63) is 46.5 Å². The molecule has 0 unspecified atom stereocenters. The number of carbonyl (C=O) groups is 1. The summed E-state index contributed by atoms with van der Waals surface area (Å²) >= 11 is 1.34. The molecule has 2 aromatic rings. The van der Waals surface area contributed by atoms with Gasteiger partial charge in [0.15, 0.2) is 5.13 Å². The van der Waals surface area contributed by atoms with Gasteiger partial charge in [0.25, 0.3) is 0 Å². The van der Waals surface area contributed by atoms with Crippen molar-refractivity contribution in [1.29, 1.82) is 0 Å². The summed E-state index contributed by atoms with van der Waals surface area (Å²) < 4.78 is 4.72. The number of esters is 1. The molecule has 0 aliphatic carbocycles. The molecule has 0 bridgehead atoms. The summed E-state index contributed by atoms with van der Waals surface area (Å²) in [6.45, 7) is 2.65. The van der Waals surface area contributed by atoms with Crippen molar-refractivity contribution in [1.82, 2.24) is 4.98 Å². The number of anilines is 1. The van der Waals surface area contributed by atoms with E-state index in [0.29, 0.717) is 10.6 Å². The third-order valence-electron chi connectivity index (χ3n) is 2.93. The van der Waals surface area contributed by atoms with Crippen LogP contribution in [-0.4, -0.2) is 24.6 Å². The highest BCUT2D eigenvalue weighted by molar-refractivity contribution is 7.17. The molecule has 0 fully saturated rings. The Morgan fingerprint density at radius 2 is 2.10 bits per heavy atom. The second kappa shape index (κ2) is 7.05. The van der Waals surface area contributed by atoms with Gasteiger partial charge in [0.2, 0.25) is 0 Å². The molecule has 0 saturated heterocycles. The monoisotopic (exact) mass is 290 g/mol. The van der Waals surface area contributed by atoms with Crippen LogP contribution in [-0.2, 0) is 11.2 Å². The summed E-state index contributed by atoms with van der Waals surface area (Å²) in [5, 5.41) is 4.03. The Morgan fingerprint density at radius 3 is 2.80 bits per heavy atom. The van der Waals surface area contributed by atoms with Crippen LogP contribution >= 0.6 is 11.3 Å². The number of thiazole rings is 1. The van der Waals surface area contributed by atoms with Gasteiger partial charge in [0, 0.05) is 6.54 Å². The summed E-state index contributed by atoms with van der Waals surface area (Å²) in [5.41, 5.74) is 2.05. The molecule has 0 aliphatic rings. The van der Waals surface area contributed by atoms with Gasteiger partial charge in [-0.1, -0.05) is 41.7 Å². The van der Waals surface area contributed by atoms with Crippen LogP contribution in [0, 0.1) is 6.92 Å². The van der Waals surface area contributed by atoms with Gasteiger partial charge in [-0.15, -0.1) is 0 Å². The van der Waals surface area contributed by atoms with E-state index in [1.165, 1.54) is 24.0 Å². The molecule has 106 valence electrons. The van der Waals surface area contributed by atoms with Gasteiger partial charge < -0.3 is 10.1 Å². The maximum absolute atomic E-state index is 11.5. The number of rotatable bonds is 6. The molecule has 0 radical (unpaired) electrons. The minimum atomic E-state index is -0.322. The lowest BCUT2D eigenvalue weighted by molar-refractivity contribution is 0.0605. The number of benzene rings is 1. The van der Waals surface area contributed by atoms with Crippen molar-refractivity contribution in [3.8, 4) is 0 Å². The fraction of sp³-hybridized carbons (Fsp3) is 0.333. The predicted molar refractivity (Wildman–Crippen MR) is 81.4 cm³/mol. The van der Waals surface area contributed by atoms with E-state index < -0.39 is 0 Å². The van der Waals surface area contributed by atoms with Gasteiger partial charge >= 0.3 is 5.97 Å². The molecule has 4 nitrogen and oxygen atoms in total. The zero-order valence-corrected chi connectivity index (χ0v) is 12.5. The minimum Gasteiger partial charge on any atom is -0.465 e. The standard InChI is InChI=1S/C15H18N2O2S/c1-11-13(14(18)19-2)20-15(17-11)16-10-6-9-12-7-4-3-5-8-12/h3-5,7-8H,6,9-10H2,1-2H3,(H,16,17). The number of nitrogens with one attached hydrogen (secondary N) is 1. The van der Waals surface area contributed by atoms with E-state index in [1.54, 1.807) is 0 Å². The van der Waals surface area contributed by atoms with Gasteiger partial charge in [0.1, 0.15) is 4.88 Å². The van der Waals surface area contributed by atoms with Crippen LogP contribution in [0.2, 0.25) is 0 Å². The van der Waals surface area contributed by atoms with Crippen molar-refractivity contribution in [2.45, 2.75) is 19.8 Å². The van der Waals surface area contributed by atoms with E-state index in [-0.39, 0.29) is 5.97 Å². The van der Waals surface area contributed by atoms with E-state index >= 15 is 0 Å². The largest absolute Gasteiger partial charge is 0.465 e. The van der Waals surface area contributed by atoms with Crippen molar-refractivity contribution in [2.75, 3.05) is 19.0 Å². The molecule has 20 heavy (non-hydrogen) atoms. The first kappa shape index (κ1) is 14.5. The van der Waals surface area contributed by atoms with Gasteiger partial charge in [-0.3, -0.25) is 0 Å². The zero-order valence-electron chi connectivity index (χ0n) is 11.7. The molecule has 5 heteroatoms. The van der Waals surface area contributed by atoms with Crippen molar-refractivity contribution in [2.24, 2.45) is 0 Å². The number of nitrogens with zero attached hydrogens (tertiary/aromatic N) is 1. The lowest BCUT2D eigenvalue weighted by Gasteiger charge is -2.02. The predicted octanol–water partition coefficient (Wildman–Crippen LogP) is 3.28. The van der Waals surface area contributed by atoms with E-state index in [4.69, 9.17) is 4.74 Å². The maximum atomic E-state index is 11.5. The maximum Gasteiger partial charge on any atom is 0.350 e. The molecule has 0 aliphatic heterocycles. The number of aromatic nitrogens is 1. The number of carbonyl (C=O) groups excluding carboxylic acids is 1. The lowest BCUT2D eigenvalue weighted by atomic mass is 10.1. The first-order chi connectivity index (χ1) is 9.70.